The Morgan fingerprint density at radius 3 is 1.82 bits per heavy atom. The minimum Gasteiger partial charge on any atom is -0.508 e. The minimum atomic E-state index is -4.67. The monoisotopic (exact) mass is 352 g/mol. The second-order valence-electron chi connectivity index (χ2n) is 4.73. The minimum absolute atomic E-state index is 0.132. The smallest absolute Gasteiger partial charge is 0.346 e. The Bertz CT molecular complexity index is 772. The molecule has 0 saturated heterocycles. The molecule has 0 saturated carbocycles. The molecule has 2 aromatic heterocycles. The van der Waals surface area contributed by atoms with Crippen LogP contribution in [0.25, 0.3) is 0 Å². The second-order valence-corrected chi connectivity index (χ2v) is 8.38. The summed E-state index contributed by atoms with van der Waals surface area (Å²) in [6.45, 7) is 0. The third-order valence-electron chi connectivity index (χ3n) is 3.49. The van der Waals surface area contributed by atoms with Crippen LogP contribution in [0.3, 0.4) is 0 Å². The van der Waals surface area contributed by atoms with Gasteiger partial charge >= 0.3 is 7.60 Å². The highest BCUT2D eigenvalue weighted by molar-refractivity contribution is 7.54. The molecule has 3 rings (SSSR count). The van der Waals surface area contributed by atoms with E-state index in [9.17, 15) is 19.5 Å². The van der Waals surface area contributed by atoms with Crippen molar-refractivity contribution in [2.75, 3.05) is 0 Å². The number of phenols is 1. The Kier molecular flexibility index (Phi) is 3.97. The van der Waals surface area contributed by atoms with E-state index >= 15 is 0 Å². The van der Waals surface area contributed by atoms with Crippen LogP contribution in [0.5, 0.6) is 5.75 Å². The van der Waals surface area contributed by atoms with E-state index in [2.05, 4.69) is 0 Å². The van der Waals surface area contributed by atoms with Gasteiger partial charge in [-0.1, -0.05) is 30.3 Å². The number of hydrogen-bond donors (Lipinski definition) is 3. The number of thiophene rings is 2. The van der Waals surface area contributed by atoms with Gasteiger partial charge in [-0.3, -0.25) is 4.57 Å². The van der Waals surface area contributed by atoms with E-state index < -0.39 is 12.8 Å². The van der Waals surface area contributed by atoms with E-state index in [0.717, 1.165) is 0 Å². The van der Waals surface area contributed by atoms with Gasteiger partial charge in [0.15, 0.2) is 5.16 Å². The van der Waals surface area contributed by atoms with Crippen LogP contribution in [0.2, 0.25) is 0 Å². The summed E-state index contributed by atoms with van der Waals surface area (Å²) in [5.74, 6) is -0.132. The van der Waals surface area contributed by atoms with Crippen LogP contribution in [-0.4, -0.2) is 14.9 Å². The molecule has 0 atom stereocenters. The normalized spacial score (nSPS) is 12.5. The highest BCUT2D eigenvalue weighted by Crippen LogP contribution is 2.67. The molecule has 0 aliphatic heterocycles. The molecule has 3 N–H and O–H groups in total. The maximum atomic E-state index is 12.6. The van der Waals surface area contributed by atoms with Crippen molar-refractivity contribution in [2.24, 2.45) is 0 Å². The Balaban J connectivity index is 2.46. The standard InChI is InChI=1S/C15H13O4PS2/c16-12-6-2-1-5-11(12)15(20(17,18)19,13-7-3-9-21-13)14-8-4-10-22-14/h1-10,16H,(H2,17,18,19). The second kappa shape index (κ2) is 5.65. The summed E-state index contributed by atoms with van der Waals surface area (Å²) in [6.07, 6.45) is 0. The van der Waals surface area contributed by atoms with Crippen molar-refractivity contribution < 1.29 is 19.5 Å². The van der Waals surface area contributed by atoms with Crippen molar-refractivity contribution >= 4 is 30.3 Å². The van der Waals surface area contributed by atoms with E-state index in [-0.39, 0.29) is 11.3 Å². The van der Waals surface area contributed by atoms with Gasteiger partial charge in [-0.15, -0.1) is 22.7 Å². The fraction of sp³-hybridized carbons (Fsp3) is 0.0667. The van der Waals surface area contributed by atoms with Crippen molar-refractivity contribution in [1.29, 1.82) is 0 Å². The molecule has 2 heterocycles. The first kappa shape index (κ1) is 15.5. The lowest BCUT2D eigenvalue weighted by molar-refractivity contribution is 0.348. The molecule has 0 bridgehead atoms. The summed E-state index contributed by atoms with van der Waals surface area (Å²) >= 11 is 2.52. The van der Waals surface area contributed by atoms with Crippen LogP contribution in [0.1, 0.15) is 15.3 Å². The van der Waals surface area contributed by atoms with Gasteiger partial charge in [0.2, 0.25) is 0 Å². The lowest BCUT2D eigenvalue weighted by atomic mass is 9.93. The zero-order chi connectivity index (χ0) is 15.8. The van der Waals surface area contributed by atoms with Gasteiger partial charge in [-0.2, -0.15) is 0 Å². The first-order chi connectivity index (χ1) is 10.5. The fourth-order valence-corrected chi connectivity index (χ4v) is 6.60. The third kappa shape index (κ3) is 2.24. The lowest BCUT2D eigenvalue weighted by Gasteiger charge is -2.33. The Morgan fingerprint density at radius 1 is 0.864 bits per heavy atom. The summed E-state index contributed by atoms with van der Waals surface area (Å²) in [4.78, 5) is 21.5. The molecule has 3 aromatic rings. The highest BCUT2D eigenvalue weighted by Gasteiger charge is 2.54. The highest BCUT2D eigenvalue weighted by atomic mass is 32.1. The van der Waals surface area contributed by atoms with Gasteiger partial charge in [0.05, 0.1) is 0 Å². The summed E-state index contributed by atoms with van der Waals surface area (Å²) < 4.78 is 12.6. The topological polar surface area (TPSA) is 77.8 Å². The molecule has 4 nitrogen and oxygen atoms in total. The number of para-hydroxylation sites is 1. The molecule has 114 valence electrons. The largest absolute Gasteiger partial charge is 0.508 e. The zero-order valence-electron chi connectivity index (χ0n) is 11.3. The summed E-state index contributed by atoms with van der Waals surface area (Å²) in [6, 6.07) is 13.2. The van der Waals surface area contributed by atoms with Crippen LogP contribution >= 0.6 is 30.3 Å². The van der Waals surface area contributed by atoms with Crippen molar-refractivity contribution in [2.45, 2.75) is 5.16 Å². The van der Waals surface area contributed by atoms with Crippen LogP contribution in [0.4, 0.5) is 0 Å². The van der Waals surface area contributed by atoms with Crippen LogP contribution < -0.4 is 0 Å². The van der Waals surface area contributed by atoms with E-state index in [4.69, 9.17) is 0 Å². The molecule has 22 heavy (non-hydrogen) atoms. The molecule has 1 aromatic carbocycles. The number of rotatable bonds is 4. The van der Waals surface area contributed by atoms with Gasteiger partial charge in [-0.05, 0) is 29.0 Å². The van der Waals surface area contributed by atoms with Crippen LogP contribution in [0, 0.1) is 0 Å². The zero-order valence-corrected chi connectivity index (χ0v) is 13.8. The first-order valence-corrected chi connectivity index (χ1v) is 9.77. The number of benzene rings is 1. The summed E-state index contributed by atoms with van der Waals surface area (Å²) in [5, 5.41) is 12.1. The Morgan fingerprint density at radius 2 is 1.41 bits per heavy atom. The molecular weight excluding hydrogens is 339 g/mol. The van der Waals surface area contributed by atoms with Gasteiger partial charge in [0, 0.05) is 15.3 Å². The molecule has 0 spiro atoms. The Labute approximate surface area is 135 Å². The third-order valence-corrected chi connectivity index (χ3v) is 7.36. The number of phenolic OH excluding ortho intramolecular Hbond substituents is 1. The number of hydrogen-bond acceptors (Lipinski definition) is 4. The van der Waals surface area contributed by atoms with Crippen molar-refractivity contribution in [3.63, 3.8) is 0 Å². The van der Waals surface area contributed by atoms with Crippen LogP contribution in [-0.2, 0) is 9.72 Å². The fourth-order valence-electron chi connectivity index (χ4n) is 2.58. The predicted octanol–water partition coefficient (Wildman–Crippen LogP) is 3.98. The SMILES string of the molecule is O=P(O)(O)C(c1cccs1)(c1cccs1)c1ccccc1O. The van der Waals surface area contributed by atoms with Crippen molar-refractivity contribution in [3.05, 3.63) is 74.6 Å². The molecule has 0 aliphatic carbocycles. The first-order valence-electron chi connectivity index (χ1n) is 6.40. The molecule has 7 heteroatoms. The molecule has 0 amide bonds. The van der Waals surface area contributed by atoms with Gasteiger partial charge in [-0.25, -0.2) is 0 Å². The molecule has 0 unspecified atom stereocenters. The van der Waals surface area contributed by atoms with Crippen molar-refractivity contribution in [1.82, 2.24) is 0 Å². The average molecular weight is 352 g/mol. The maximum Gasteiger partial charge on any atom is 0.346 e. The lowest BCUT2D eigenvalue weighted by Crippen LogP contribution is -2.27. The molecule has 0 radical (unpaired) electrons. The Hall–Kier alpha value is -1.43. The quantitative estimate of drug-likeness (QED) is 0.621. The number of aromatic hydroxyl groups is 1. The molecule has 0 aliphatic rings. The van der Waals surface area contributed by atoms with Gasteiger partial charge < -0.3 is 14.9 Å². The maximum absolute atomic E-state index is 12.6. The summed E-state index contributed by atoms with van der Waals surface area (Å²) in [7, 11) is -4.67. The van der Waals surface area contributed by atoms with E-state index in [0.29, 0.717) is 9.75 Å². The van der Waals surface area contributed by atoms with Crippen LogP contribution in [0.15, 0.2) is 59.3 Å². The van der Waals surface area contributed by atoms with Crippen molar-refractivity contribution in [3.8, 4) is 5.75 Å². The van der Waals surface area contributed by atoms with E-state index in [1.165, 1.54) is 28.7 Å². The predicted molar refractivity (Wildman–Crippen MR) is 88.7 cm³/mol. The van der Waals surface area contributed by atoms with E-state index in [1.54, 1.807) is 53.2 Å². The van der Waals surface area contributed by atoms with Gasteiger partial charge in [0.25, 0.3) is 0 Å². The molecule has 0 fully saturated rings. The van der Waals surface area contributed by atoms with E-state index in [1.807, 2.05) is 0 Å². The molecular formula is C15H13O4PS2. The average Bonchev–Trinajstić information content (AvgIpc) is 3.13. The summed E-state index contributed by atoms with van der Waals surface area (Å²) in [5.41, 5.74) is 0.216. The van der Waals surface area contributed by atoms with Gasteiger partial charge in [0.1, 0.15) is 5.75 Å².